The average Bonchev–Trinajstić information content (AvgIpc) is 2.53. The standard InChI is InChI=1S/C16H24N2O4S/c1-16(2,18-8-10-22-11-9-18)12-17-15(19)13-4-6-14(7-5-13)23(3,20)21/h4-7H,8-12H2,1-3H3,(H,17,19). The van der Waals surface area contributed by atoms with Gasteiger partial charge in [0.2, 0.25) is 0 Å². The summed E-state index contributed by atoms with van der Waals surface area (Å²) in [6, 6.07) is 5.98. The molecule has 128 valence electrons. The van der Waals surface area contributed by atoms with Gasteiger partial charge in [-0.25, -0.2) is 8.42 Å². The smallest absolute Gasteiger partial charge is 0.251 e. The molecule has 0 saturated carbocycles. The summed E-state index contributed by atoms with van der Waals surface area (Å²) in [6.07, 6.45) is 1.15. The highest BCUT2D eigenvalue weighted by atomic mass is 32.2. The molecule has 2 rings (SSSR count). The van der Waals surface area contributed by atoms with E-state index >= 15 is 0 Å². The van der Waals surface area contributed by atoms with Gasteiger partial charge in [0.1, 0.15) is 0 Å². The van der Waals surface area contributed by atoms with E-state index in [1.807, 2.05) is 0 Å². The molecule has 1 saturated heterocycles. The van der Waals surface area contributed by atoms with E-state index in [0.717, 1.165) is 19.3 Å². The zero-order chi connectivity index (χ0) is 17.1. The fraction of sp³-hybridized carbons (Fsp3) is 0.562. The first-order chi connectivity index (χ1) is 10.7. The summed E-state index contributed by atoms with van der Waals surface area (Å²) in [5.74, 6) is -0.202. The van der Waals surface area contributed by atoms with Crippen molar-refractivity contribution in [2.24, 2.45) is 0 Å². The monoisotopic (exact) mass is 340 g/mol. The molecule has 6 nitrogen and oxygen atoms in total. The molecular formula is C16H24N2O4S. The molecule has 0 spiro atoms. The highest BCUT2D eigenvalue weighted by Gasteiger charge is 2.28. The van der Waals surface area contributed by atoms with Gasteiger partial charge in [0, 0.05) is 37.0 Å². The zero-order valence-electron chi connectivity index (χ0n) is 13.8. The van der Waals surface area contributed by atoms with Crippen molar-refractivity contribution < 1.29 is 17.9 Å². The largest absolute Gasteiger partial charge is 0.379 e. The topological polar surface area (TPSA) is 75.7 Å². The molecule has 1 amide bonds. The number of morpholine rings is 1. The van der Waals surface area contributed by atoms with Crippen LogP contribution in [0.4, 0.5) is 0 Å². The molecule has 0 radical (unpaired) electrons. The lowest BCUT2D eigenvalue weighted by Gasteiger charge is -2.40. The number of carbonyl (C=O) groups is 1. The van der Waals surface area contributed by atoms with E-state index in [-0.39, 0.29) is 16.3 Å². The second kappa shape index (κ2) is 6.98. The predicted molar refractivity (Wildman–Crippen MR) is 88.4 cm³/mol. The highest BCUT2D eigenvalue weighted by Crippen LogP contribution is 2.16. The van der Waals surface area contributed by atoms with Crippen molar-refractivity contribution in [1.29, 1.82) is 0 Å². The zero-order valence-corrected chi connectivity index (χ0v) is 14.6. The lowest BCUT2D eigenvalue weighted by atomic mass is 10.0. The van der Waals surface area contributed by atoms with Gasteiger partial charge in [-0.15, -0.1) is 0 Å². The Labute approximate surface area is 137 Å². The van der Waals surface area contributed by atoms with Crippen LogP contribution in [0.25, 0.3) is 0 Å². The molecule has 1 heterocycles. The summed E-state index contributed by atoms with van der Waals surface area (Å²) < 4.78 is 28.2. The van der Waals surface area contributed by atoms with E-state index in [0.29, 0.717) is 25.3 Å². The number of benzene rings is 1. The first-order valence-corrected chi connectivity index (χ1v) is 9.50. The van der Waals surface area contributed by atoms with Crippen molar-refractivity contribution in [2.75, 3.05) is 39.1 Å². The number of hydrogen-bond donors (Lipinski definition) is 1. The average molecular weight is 340 g/mol. The normalized spacial score (nSPS) is 17.0. The van der Waals surface area contributed by atoms with Gasteiger partial charge in [0.15, 0.2) is 9.84 Å². The molecule has 23 heavy (non-hydrogen) atoms. The predicted octanol–water partition coefficient (Wildman–Crippen LogP) is 0.931. The van der Waals surface area contributed by atoms with Crippen molar-refractivity contribution >= 4 is 15.7 Å². The molecule has 1 N–H and O–H groups in total. The van der Waals surface area contributed by atoms with Gasteiger partial charge in [-0.1, -0.05) is 0 Å². The number of rotatable bonds is 5. The quantitative estimate of drug-likeness (QED) is 0.863. The highest BCUT2D eigenvalue weighted by molar-refractivity contribution is 7.90. The molecule has 1 aromatic carbocycles. The van der Waals surface area contributed by atoms with E-state index in [9.17, 15) is 13.2 Å². The van der Waals surface area contributed by atoms with Crippen LogP contribution in [0, 0.1) is 0 Å². The molecule has 0 aliphatic carbocycles. The van der Waals surface area contributed by atoms with Crippen LogP contribution < -0.4 is 5.32 Å². The summed E-state index contributed by atoms with van der Waals surface area (Å²) in [7, 11) is -3.25. The van der Waals surface area contributed by atoms with Crippen LogP contribution >= 0.6 is 0 Å². The fourth-order valence-corrected chi connectivity index (χ4v) is 3.16. The van der Waals surface area contributed by atoms with Gasteiger partial charge in [-0.2, -0.15) is 0 Å². The minimum Gasteiger partial charge on any atom is -0.379 e. The maximum Gasteiger partial charge on any atom is 0.251 e. The molecular weight excluding hydrogens is 316 g/mol. The third-order valence-electron chi connectivity index (χ3n) is 4.09. The van der Waals surface area contributed by atoms with Gasteiger partial charge in [0.05, 0.1) is 18.1 Å². The third kappa shape index (κ3) is 4.76. The number of sulfone groups is 1. The first kappa shape index (κ1) is 17.9. The molecule has 0 aromatic heterocycles. The molecule has 0 bridgehead atoms. The number of nitrogens with zero attached hydrogens (tertiary/aromatic N) is 1. The van der Waals surface area contributed by atoms with Crippen LogP contribution in [-0.4, -0.2) is 63.9 Å². The molecule has 1 fully saturated rings. The van der Waals surface area contributed by atoms with Crippen molar-refractivity contribution in [3.63, 3.8) is 0 Å². The van der Waals surface area contributed by atoms with Crippen molar-refractivity contribution in [2.45, 2.75) is 24.3 Å². The molecule has 1 aliphatic heterocycles. The van der Waals surface area contributed by atoms with Crippen LogP contribution in [0.2, 0.25) is 0 Å². The second-order valence-corrected chi connectivity index (χ2v) is 8.41. The van der Waals surface area contributed by atoms with E-state index in [1.54, 1.807) is 0 Å². The van der Waals surface area contributed by atoms with Crippen LogP contribution in [0.5, 0.6) is 0 Å². The van der Waals surface area contributed by atoms with Crippen molar-refractivity contribution in [3.05, 3.63) is 29.8 Å². The maximum atomic E-state index is 12.2. The molecule has 7 heteroatoms. The Morgan fingerprint density at radius 1 is 1.22 bits per heavy atom. The second-order valence-electron chi connectivity index (χ2n) is 6.39. The minimum atomic E-state index is -3.25. The summed E-state index contributed by atoms with van der Waals surface area (Å²) in [4.78, 5) is 14.7. The van der Waals surface area contributed by atoms with Crippen LogP contribution in [-0.2, 0) is 14.6 Å². The maximum absolute atomic E-state index is 12.2. The molecule has 0 atom stereocenters. The van der Waals surface area contributed by atoms with Crippen LogP contribution in [0.15, 0.2) is 29.2 Å². The van der Waals surface area contributed by atoms with Gasteiger partial charge in [-0.3, -0.25) is 9.69 Å². The Hall–Kier alpha value is -1.44. The van der Waals surface area contributed by atoms with E-state index in [4.69, 9.17) is 4.74 Å². The number of hydrogen-bond acceptors (Lipinski definition) is 5. The van der Waals surface area contributed by atoms with Crippen molar-refractivity contribution in [1.82, 2.24) is 10.2 Å². The summed E-state index contributed by atoms with van der Waals surface area (Å²) >= 11 is 0. The fourth-order valence-electron chi connectivity index (χ4n) is 2.53. The van der Waals surface area contributed by atoms with E-state index < -0.39 is 9.84 Å². The van der Waals surface area contributed by atoms with Crippen LogP contribution in [0.1, 0.15) is 24.2 Å². The number of amides is 1. The molecule has 1 aromatic rings. The number of carbonyl (C=O) groups excluding carboxylic acids is 1. The van der Waals surface area contributed by atoms with Crippen molar-refractivity contribution in [3.8, 4) is 0 Å². The minimum absolute atomic E-state index is 0.161. The van der Waals surface area contributed by atoms with Gasteiger partial charge in [-0.05, 0) is 38.1 Å². The number of nitrogens with one attached hydrogen (secondary N) is 1. The van der Waals surface area contributed by atoms with E-state index in [2.05, 4.69) is 24.1 Å². The SMILES string of the molecule is CC(C)(CNC(=O)c1ccc(S(C)(=O)=O)cc1)N1CCOCC1. The van der Waals surface area contributed by atoms with Gasteiger partial charge in [0.25, 0.3) is 5.91 Å². The Balaban J connectivity index is 1.96. The van der Waals surface area contributed by atoms with E-state index in [1.165, 1.54) is 24.3 Å². The first-order valence-electron chi connectivity index (χ1n) is 7.61. The Bertz CT molecular complexity index is 647. The lowest BCUT2D eigenvalue weighted by Crippen LogP contribution is -2.55. The summed E-state index contributed by atoms with van der Waals surface area (Å²) in [5.41, 5.74) is 0.293. The van der Waals surface area contributed by atoms with Gasteiger partial charge >= 0.3 is 0 Å². The van der Waals surface area contributed by atoms with Crippen LogP contribution in [0.3, 0.4) is 0 Å². The Morgan fingerprint density at radius 2 is 1.78 bits per heavy atom. The lowest BCUT2D eigenvalue weighted by molar-refractivity contribution is -0.00923. The van der Waals surface area contributed by atoms with Gasteiger partial charge < -0.3 is 10.1 Å². The summed E-state index contributed by atoms with van der Waals surface area (Å²) in [6.45, 7) is 7.82. The third-order valence-corrected chi connectivity index (χ3v) is 5.22. The molecule has 1 aliphatic rings. The number of ether oxygens (including phenoxy) is 1. The Morgan fingerprint density at radius 3 is 2.30 bits per heavy atom. The molecule has 0 unspecified atom stereocenters. The Kier molecular flexibility index (Phi) is 5.44. The summed E-state index contributed by atoms with van der Waals surface area (Å²) in [5, 5.41) is 2.92.